The fourth-order valence-corrected chi connectivity index (χ4v) is 4.95. The highest BCUT2D eigenvalue weighted by atomic mass is 35.5. The largest absolute Gasteiger partial charge is 0.379 e. The zero-order chi connectivity index (χ0) is 17.9. The standard InChI is InChI=1S/C16H23F2N3O3S.ClH/c17-13-9-14(18)11-16(10-13)25(22,23)21(15-1-2-19-12-15)4-3-20-5-7-24-8-6-20;/h9-11,15,19H,1-8,12H2;1H. The second kappa shape index (κ2) is 9.38. The fourth-order valence-electron chi connectivity index (χ4n) is 3.26. The summed E-state index contributed by atoms with van der Waals surface area (Å²) in [5.41, 5.74) is 0. The van der Waals surface area contributed by atoms with Crippen LogP contribution in [0.4, 0.5) is 8.78 Å². The van der Waals surface area contributed by atoms with E-state index in [1.165, 1.54) is 4.31 Å². The molecule has 3 rings (SSSR count). The molecule has 2 aliphatic rings. The number of halogens is 3. The first kappa shape index (κ1) is 21.5. The first-order valence-electron chi connectivity index (χ1n) is 8.45. The molecule has 1 N–H and O–H groups in total. The van der Waals surface area contributed by atoms with Crippen LogP contribution in [-0.2, 0) is 14.8 Å². The smallest absolute Gasteiger partial charge is 0.243 e. The van der Waals surface area contributed by atoms with Crippen LogP contribution >= 0.6 is 12.4 Å². The first-order valence-corrected chi connectivity index (χ1v) is 9.89. The van der Waals surface area contributed by atoms with Gasteiger partial charge < -0.3 is 10.1 Å². The third kappa shape index (κ3) is 5.11. The van der Waals surface area contributed by atoms with Gasteiger partial charge in [0.2, 0.25) is 10.0 Å². The van der Waals surface area contributed by atoms with Gasteiger partial charge in [0.25, 0.3) is 0 Å². The summed E-state index contributed by atoms with van der Waals surface area (Å²) in [5.74, 6) is -1.78. The van der Waals surface area contributed by atoms with Crippen LogP contribution in [0.2, 0.25) is 0 Å². The maximum atomic E-state index is 13.5. The summed E-state index contributed by atoms with van der Waals surface area (Å²) in [6.07, 6.45) is 0.681. The van der Waals surface area contributed by atoms with Gasteiger partial charge in [-0.15, -0.1) is 12.4 Å². The molecule has 2 heterocycles. The summed E-state index contributed by atoms with van der Waals surface area (Å²) in [6, 6.07) is 2.22. The molecular weight excluding hydrogens is 388 g/mol. The second-order valence-corrected chi connectivity index (χ2v) is 8.21. The van der Waals surface area contributed by atoms with E-state index in [9.17, 15) is 17.2 Å². The predicted molar refractivity (Wildman–Crippen MR) is 96.0 cm³/mol. The Bertz CT molecular complexity index is 676. The summed E-state index contributed by atoms with van der Waals surface area (Å²) in [4.78, 5) is 1.81. The SMILES string of the molecule is Cl.O=S(=O)(c1cc(F)cc(F)c1)N(CCN1CCOCC1)C1CCNC1. The Morgan fingerprint density at radius 1 is 1.19 bits per heavy atom. The highest BCUT2D eigenvalue weighted by Crippen LogP contribution is 2.23. The molecule has 0 aromatic heterocycles. The van der Waals surface area contributed by atoms with E-state index in [1.807, 2.05) is 0 Å². The summed E-state index contributed by atoms with van der Waals surface area (Å²) in [7, 11) is -3.97. The van der Waals surface area contributed by atoms with Crippen molar-refractivity contribution < 1.29 is 21.9 Å². The molecule has 0 radical (unpaired) electrons. The van der Waals surface area contributed by atoms with Crippen molar-refractivity contribution in [2.45, 2.75) is 17.4 Å². The third-order valence-corrected chi connectivity index (χ3v) is 6.55. The van der Waals surface area contributed by atoms with Crippen molar-refractivity contribution in [2.75, 3.05) is 52.5 Å². The zero-order valence-corrected chi connectivity index (χ0v) is 16.0. The minimum absolute atomic E-state index is 0. The van der Waals surface area contributed by atoms with Crippen LogP contribution in [0.3, 0.4) is 0 Å². The highest BCUT2D eigenvalue weighted by molar-refractivity contribution is 7.89. The van der Waals surface area contributed by atoms with E-state index >= 15 is 0 Å². The molecule has 0 bridgehead atoms. The van der Waals surface area contributed by atoms with Crippen molar-refractivity contribution in [3.8, 4) is 0 Å². The van der Waals surface area contributed by atoms with Gasteiger partial charge in [-0.1, -0.05) is 0 Å². The van der Waals surface area contributed by atoms with Crippen LogP contribution < -0.4 is 5.32 Å². The molecule has 0 amide bonds. The van der Waals surface area contributed by atoms with E-state index < -0.39 is 21.7 Å². The summed E-state index contributed by atoms with van der Waals surface area (Å²) < 4.78 is 59.8. The Morgan fingerprint density at radius 2 is 1.85 bits per heavy atom. The Kier molecular flexibility index (Phi) is 7.75. The molecule has 1 aromatic carbocycles. The van der Waals surface area contributed by atoms with Crippen molar-refractivity contribution in [3.63, 3.8) is 0 Å². The van der Waals surface area contributed by atoms with E-state index in [2.05, 4.69) is 10.2 Å². The lowest BCUT2D eigenvalue weighted by atomic mass is 10.2. The maximum Gasteiger partial charge on any atom is 0.243 e. The van der Waals surface area contributed by atoms with Gasteiger partial charge in [-0.2, -0.15) is 4.31 Å². The Morgan fingerprint density at radius 3 is 2.42 bits per heavy atom. The van der Waals surface area contributed by atoms with Crippen LogP contribution in [-0.4, -0.2) is 76.1 Å². The molecule has 6 nitrogen and oxygen atoms in total. The van der Waals surface area contributed by atoms with E-state index in [0.29, 0.717) is 38.8 Å². The molecule has 0 spiro atoms. The number of ether oxygens (including phenoxy) is 1. The number of benzene rings is 1. The third-order valence-electron chi connectivity index (χ3n) is 4.62. The van der Waals surface area contributed by atoms with Gasteiger partial charge in [-0.3, -0.25) is 4.90 Å². The number of hydrogen-bond donors (Lipinski definition) is 1. The lowest BCUT2D eigenvalue weighted by Gasteiger charge is -2.32. The molecule has 2 saturated heterocycles. The maximum absolute atomic E-state index is 13.5. The van der Waals surface area contributed by atoms with Crippen molar-refractivity contribution in [2.24, 2.45) is 0 Å². The number of morpholine rings is 1. The van der Waals surface area contributed by atoms with Crippen molar-refractivity contribution in [1.82, 2.24) is 14.5 Å². The molecule has 1 atom stereocenters. The number of nitrogens with zero attached hydrogens (tertiary/aromatic N) is 2. The Balaban J connectivity index is 0.00000243. The van der Waals surface area contributed by atoms with E-state index in [0.717, 1.165) is 31.8 Å². The number of sulfonamides is 1. The first-order chi connectivity index (χ1) is 12.0. The topological polar surface area (TPSA) is 61.9 Å². The molecule has 26 heavy (non-hydrogen) atoms. The zero-order valence-electron chi connectivity index (χ0n) is 14.4. The molecule has 1 aromatic rings. The molecule has 148 valence electrons. The average Bonchev–Trinajstić information content (AvgIpc) is 3.09. The normalized spacial score (nSPS) is 21.7. The quantitative estimate of drug-likeness (QED) is 0.758. The molecule has 0 saturated carbocycles. The fraction of sp³-hybridized carbons (Fsp3) is 0.625. The van der Waals surface area contributed by atoms with Gasteiger partial charge in [0.15, 0.2) is 0 Å². The highest BCUT2D eigenvalue weighted by Gasteiger charge is 2.34. The minimum atomic E-state index is -3.97. The molecule has 2 fully saturated rings. The Labute approximate surface area is 158 Å². The van der Waals surface area contributed by atoms with Gasteiger partial charge >= 0.3 is 0 Å². The van der Waals surface area contributed by atoms with Gasteiger partial charge in [-0.05, 0) is 25.1 Å². The van der Waals surface area contributed by atoms with Gasteiger partial charge in [0.05, 0.1) is 18.1 Å². The van der Waals surface area contributed by atoms with Crippen molar-refractivity contribution >= 4 is 22.4 Å². The lowest BCUT2D eigenvalue weighted by Crippen LogP contribution is -2.47. The van der Waals surface area contributed by atoms with E-state index in [4.69, 9.17) is 4.74 Å². The second-order valence-electron chi connectivity index (χ2n) is 6.32. The molecule has 2 aliphatic heterocycles. The van der Waals surface area contributed by atoms with Crippen molar-refractivity contribution in [3.05, 3.63) is 29.8 Å². The number of rotatable bonds is 6. The molecular formula is C16H24ClF2N3O3S. The lowest BCUT2D eigenvalue weighted by molar-refractivity contribution is 0.0355. The van der Waals surface area contributed by atoms with Gasteiger partial charge in [-0.25, -0.2) is 17.2 Å². The molecule has 10 heteroatoms. The monoisotopic (exact) mass is 411 g/mol. The van der Waals surface area contributed by atoms with E-state index in [1.54, 1.807) is 0 Å². The van der Waals surface area contributed by atoms with Crippen LogP contribution in [0.25, 0.3) is 0 Å². The molecule has 1 unspecified atom stereocenters. The predicted octanol–water partition coefficient (Wildman–Crippen LogP) is 1.07. The number of hydrogen-bond acceptors (Lipinski definition) is 5. The van der Waals surface area contributed by atoms with Crippen LogP contribution in [0, 0.1) is 11.6 Å². The summed E-state index contributed by atoms with van der Waals surface area (Å²) in [5, 5.41) is 3.15. The van der Waals surface area contributed by atoms with E-state index in [-0.39, 0.29) is 29.9 Å². The average molecular weight is 412 g/mol. The molecule has 0 aliphatic carbocycles. The summed E-state index contributed by atoms with van der Waals surface area (Å²) >= 11 is 0. The van der Waals surface area contributed by atoms with Gasteiger partial charge in [0, 0.05) is 44.8 Å². The van der Waals surface area contributed by atoms with Crippen LogP contribution in [0.15, 0.2) is 23.1 Å². The summed E-state index contributed by atoms with van der Waals surface area (Å²) in [6.45, 7) is 4.89. The Hall–Kier alpha value is -0.840. The van der Waals surface area contributed by atoms with Crippen molar-refractivity contribution in [1.29, 1.82) is 0 Å². The number of nitrogens with one attached hydrogen (secondary N) is 1. The minimum Gasteiger partial charge on any atom is -0.379 e. The van der Waals surface area contributed by atoms with Crippen LogP contribution in [0.1, 0.15) is 6.42 Å². The van der Waals surface area contributed by atoms with Crippen LogP contribution in [0.5, 0.6) is 0 Å². The van der Waals surface area contributed by atoms with Gasteiger partial charge in [0.1, 0.15) is 11.6 Å².